The molecule has 2 N–H and O–H groups in total. The highest BCUT2D eigenvalue weighted by atomic mass is 19.1. The average molecular weight is 383 g/mol. The van der Waals surface area contributed by atoms with Crippen LogP contribution >= 0.6 is 0 Å². The Morgan fingerprint density at radius 2 is 1.61 bits per heavy atom. The molecule has 0 spiro atoms. The predicted molar refractivity (Wildman–Crippen MR) is 103 cm³/mol. The van der Waals surface area contributed by atoms with E-state index in [-0.39, 0.29) is 5.92 Å². The fraction of sp³-hybridized carbons (Fsp3) is 0.190. The maximum absolute atomic E-state index is 13.9. The van der Waals surface area contributed by atoms with E-state index in [2.05, 4.69) is 15.6 Å². The molecule has 2 amide bonds. The Morgan fingerprint density at radius 1 is 0.964 bits per heavy atom. The number of para-hydroxylation sites is 1. The molecular weight excluding hydrogens is 364 g/mol. The first kappa shape index (κ1) is 19.4. The van der Waals surface area contributed by atoms with Crippen molar-refractivity contribution in [2.45, 2.75) is 19.9 Å². The van der Waals surface area contributed by atoms with Crippen LogP contribution in [0.5, 0.6) is 0 Å². The van der Waals surface area contributed by atoms with Crippen molar-refractivity contribution in [2.75, 3.05) is 5.32 Å². The normalized spacial score (nSPS) is 12.0. The number of fused-ring (bicyclic) bond motifs is 1. The monoisotopic (exact) mass is 383 g/mol. The Kier molecular flexibility index (Phi) is 5.63. The van der Waals surface area contributed by atoms with Gasteiger partial charge >= 0.3 is 0 Å². The Hall–Kier alpha value is -3.35. The van der Waals surface area contributed by atoms with Gasteiger partial charge in [-0.1, -0.05) is 38.1 Å². The first-order valence-corrected chi connectivity index (χ1v) is 8.78. The first-order chi connectivity index (χ1) is 13.4. The first-order valence-electron chi connectivity index (χ1n) is 8.78. The van der Waals surface area contributed by atoms with Crippen molar-refractivity contribution in [3.05, 3.63) is 71.9 Å². The molecule has 28 heavy (non-hydrogen) atoms. The predicted octanol–water partition coefficient (Wildman–Crippen LogP) is 3.91. The number of carbonyl (C=O) groups excluding carboxylic acids is 2. The SMILES string of the molecule is CC(C)[C@@H](NC(=O)c1c(F)cccc1F)C(=O)Nc1cccc2cccnc12. The maximum Gasteiger partial charge on any atom is 0.257 e. The lowest BCUT2D eigenvalue weighted by Gasteiger charge is -2.22. The lowest BCUT2D eigenvalue weighted by Crippen LogP contribution is -2.47. The largest absolute Gasteiger partial charge is 0.340 e. The zero-order valence-corrected chi connectivity index (χ0v) is 15.4. The molecule has 0 bridgehead atoms. The smallest absolute Gasteiger partial charge is 0.257 e. The Bertz CT molecular complexity index is 1010. The van der Waals surface area contributed by atoms with Crippen molar-refractivity contribution >= 4 is 28.4 Å². The molecule has 0 aliphatic heterocycles. The highest BCUT2D eigenvalue weighted by molar-refractivity contribution is 6.05. The van der Waals surface area contributed by atoms with E-state index < -0.39 is 35.1 Å². The van der Waals surface area contributed by atoms with Gasteiger partial charge in [0.1, 0.15) is 23.2 Å². The minimum Gasteiger partial charge on any atom is -0.340 e. The van der Waals surface area contributed by atoms with Gasteiger partial charge in [-0.25, -0.2) is 8.78 Å². The van der Waals surface area contributed by atoms with Crippen molar-refractivity contribution in [2.24, 2.45) is 5.92 Å². The Balaban J connectivity index is 1.84. The summed E-state index contributed by atoms with van der Waals surface area (Å²) < 4.78 is 27.7. The third-order valence-electron chi connectivity index (χ3n) is 4.32. The second-order valence-corrected chi connectivity index (χ2v) is 6.66. The fourth-order valence-corrected chi connectivity index (χ4v) is 2.88. The van der Waals surface area contributed by atoms with Gasteiger partial charge in [-0.3, -0.25) is 14.6 Å². The second-order valence-electron chi connectivity index (χ2n) is 6.66. The number of hydrogen-bond donors (Lipinski definition) is 2. The number of aromatic nitrogens is 1. The van der Waals surface area contributed by atoms with Gasteiger partial charge in [0.15, 0.2) is 0 Å². The van der Waals surface area contributed by atoms with Gasteiger partial charge in [0.25, 0.3) is 5.91 Å². The number of carbonyl (C=O) groups is 2. The molecule has 0 fully saturated rings. The molecule has 1 heterocycles. The molecule has 3 aromatic rings. The third kappa shape index (κ3) is 3.98. The Labute approximate surface area is 160 Å². The molecule has 0 saturated carbocycles. The van der Waals surface area contributed by atoms with Gasteiger partial charge in [0, 0.05) is 11.6 Å². The number of halogens is 2. The zero-order valence-electron chi connectivity index (χ0n) is 15.4. The summed E-state index contributed by atoms with van der Waals surface area (Å²) in [6.07, 6.45) is 1.61. The minimum atomic E-state index is -0.995. The number of rotatable bonds is 5. The van der Waals surface area contributed by atoms with Gasteiger partial charge < -0.3 is 10.6 Å². The lowest BCUT2D eigenvalue weighted by molar-refractivity contribution is -0.118. The van der Waals surface area contributed by atoms with Crippen molar-refractivity contribution in [3.8, 4) is 0 Å². The molecule has 1 aromatic heterocycles. The van der Waals surface area contributed by atoms with Gasteiger partial charge in [-0.05, 0) is 30.2 Å². The van der Waals surface area contributed by atoms with Crippen molar-refractivity contribution < 1.29 is 18.4 Å². The number of nitrogens with zero attached hydrogens (tertiary/aromatic N) is 1. The lowest BCUT2D eigenvalue weighted by atomic mass is 10.0. The molecule has 3 rings (SSSR count). The van der Waals surface area contributed by atoms with E-state index in [4.69, 9.17) is 0 Å². The van der Waals surface area contributed by atoms with Crippen LogP contribution in [0.25, 0.3) is 10.9 Å². The number of amides is 2. The number of hydrogen-bond acceptors (Lipinski definition) is 3. The average Bonchev–Trinajstić information content (AvgIpc) is 2.66. The number of anilines is 1. The number of nitrogens with one attached hydrogen (secondary N) is 2. The van der Waals surface area contributed by atoms with E-state index >= 15 is 0 Å². The van der Waals surface area contributed by atoms with Crippen LogP contribution in [-0.4, -0.2) is 22.8 Å². The standard InChI is InChI=1S/C21H19F2N3O2/c1-12(2)18(26-20(27)17-14(22)8-4-9-15(17)23)21(28)25-16-10-3-6-13-7-5-11-24-19(13)16/h3-12,18H,1-2H3,(H,25,28)(H,26,27)/t18-/m1/s1. The molecular formula is C21H19F2N3O2. The number of benzene rings is 2. The summed E-state index contributed by atoms with van der Waals surface area (Å²) in [5, 5.41) is 6.03. The van der Waals surface area contributed by atoms with E-state index in [1.807, 2.05) is 12.1 Å². The zero-order chi connectivity index (χ0) is 20.3. The molecule has 0 radical (unpaired) electrons. The summed E-state index contributed by atoms with van der Waals surface area (Å²) in [5.74, 6) is -3.78. The number of pyridine rings is 1. The minimum absolute atomic E-state index is 0.318. The highest BCUT2D eigenvalue weighted by Crippen LogP contribution is 2.21. The molecule has 7 heteroatoms. The molecule has 0 aliphatic carbocycles. The van der Waals surface area contributed by atoms with Crippen molar-refractivity contribution in [3.63, 3.8) is 0 Å². The van der Waals surface area contributed by atoms with E-state index in [9.17, 15) is 18.4 Å². The maximum atomic E-state index is 13.9. The molecule has 2 aromatic carbocycles. The van der Waals surface area contributed by atoms with Crippen LogP contribution in [0, 0.1) is 17.6 Å². The fourth-order valence-electron chi connectivity index (χ4n) is 2.88. The Morgan fingerprint density at radius 3 is 2.29 bits per heavy atom. The van der Waals surface area contributed by atoms with E-state index in [0.717, 1.165) is 17.5 Å². The summed E-state index contributed by atoms with van der Waals surface area (Å²) in [6.45, 7) is 3.45. The molecule has 0 aliphatic rings. The van der Waals surface area contributed by atoms with Crippen LogP contribution in [0.3, 0.4) is 0 Å². The van der Waals surface area contributed by atoms with Crippen LogP contribution in [0.2, 0.25) is 0 Å². The van der Waals surface area contributed by atoms with Crippen LogP contribution in [-0.2, 0) is 4.79 Å². The molecule has 0 saturated heterocycles. The van der Waals surface area contributed by atoms with Crippen LogP contribution in [0.15, 0.2) is 54.7 Å². The summed E-state index contributed by atoms with van der Waals surface area (Å²) in [4.78, 5) is 29.4. The van der Waals surface area contributed by atoms with Crippen molar-refractivity contribution in [1.29, 1.82) is 0 Å². The van der Waals surface area contributed by atoms with E-state index in [1.54, 1.807) is 38.2 Å². The van der Waals surface area contributed by atoms with Gasteiger partial charge in [0.2, 0.25) is 5.91 Å². The molecule has 5 nitrogen and oxygen atoms in total. The molecule has 0 unspecified atom stereocenters. The summed E-state index contributed by atoms with van der Waals surface area (Å²) in [5.41, 5.74) is 0.375. The topological polar surface area (TPSA) is 71.1 Å². The van der Waals surface area contributed by atoms with Crippen LogP contribution in [0.4, 0.5) is 14.5 Å². The second kappa shape index (κ2) is 8.12. The van der Waals surface area contributed by atoms with Crippen molar-refractivity contribution in [1.82, 2.24) is 10.3 Å². The van der Waals surface area contributed by atoms with Crippen LogP contribution < -0.4 is 10.6 Å². The highest BCUT2D eigenvalue weighted by Gasteiger charge is 2.27. The van der Waals surface area contributed by atoms with E-state index in [0.29, 0.717) is 11.2 Å². The van der Waals surface area contributed by atoms with Crippen LogP contribution in [0.1, 0.15) is 24.2 Å². The van der Waals surface area contributed by atoms with Gasteiger partial charge in [-0.15, -0.1) is 0 Å². The van der Waals surface area contributed by atoms with Gasteiger partial charge in [0.05, 0.1) is 11.2 Å². The van der Waals surface area contributed by atoms with Gasteiger partial charge in [-0.2, -0.15) is 0 Å². The molecule has 1 atom stereocenters. The summed E-state index contributed by atoms with van der Waals surface area (Å²) >= 11 is 0. The third-order valence-corrected chi connectivity index (χ3v) is 4.32. The summed E-state index contributed by atoms with van der Waals surface area (Å²) in [6, 6.07) is 11.1. The quantitative estimate of drug-likeness (QED) is 0.702. The molecule has 144 valence electrons. The van der Waals surface area contributed by atoms with E-state index in [1.165, 1.54) is 6.07 Å². The summed E-state index contributed by atoms with van der Waals surface area (Å²) in [7, 11) is 0.